The largest absolute Gasteiger partial charge is 0.467 e. The van der Waals surface area contributed by atoms with Crippen LogP contribution in [-0.4, -0.2) is 71.1 Å². The van der Waals surface area contributed by atoms with Gasteiger partial charge in [0.15, 0.2) is 0 Å². The second-order valence-electron chi connectivity index (χ2n) is 10.1. The van der Waals surface area contributed by atoms with Crippen LogP contribution in [0.2, 0.25) is 0 Å². The van der Waals surface area contributed by atoms with Crippen molar-refractivity contribution in [1.29, 1.82) is 0 Å². The smallest absolute Gasteiger partial charge is 0.316 e. The highest BCUT2D eigenvalue weighted by molar-refractivity contribution is 5.80. The molecule has 1 unspecified atom stereocenters. The quantitative estimate of drug-likeness (QED) is 0.319. The average molecular weight is 563 g/mol. The van der Waals surface area contributed by atoms with Gasteiger partial charge in [0, 0.05) is 73.7 Å². The molecule has 1 saturated heterocycles. The molecule has 0 radical (unpaired) electrons. The number of ether oxygens (including phenoxy) is 1. The molecule has 0 saturated carbocycles. The van der Waals surface area contributed by atoms with Gasteiger partial charge in [0.2, 0.25) is 0 Å². The lowest BCUT2D eigenvalue weighted by Crippen LogP contribution is -2.46. The Kier molecular flexibility index (Phi) is 12.2. The van der Waals surface area contributed by atoms with E-state index < -0.39 is 11.9 Å². The number of likely N-dealkylation sites (N-methyl/N-ethyl adjacent to an activating group) is 1. The number of aromatic nitrogens is 3. The fourth-order valence-electron chi connectivity index (χ4n) is 4.74. The van der Waals surface area contributed by atoms with Crippen molar-refractivity contribution in [2.24, 2.45) is 0 Å². The summed E-state index contributed by atoms with van der Waals surface area (Å²) in [5.74, 6) is -0.503. The van der Waals surface area contributed by atoms with Crippen LogP contribution in [0, 0.1) is 5.82 Å². The van der Waals surface area contributed by atoms with Crippen LogP contribution in [0.25, 0.3) is 11.6 Å². The number of nitrogens with zero attached hydrogens (tertiary/aromatic N) is 4. The van der Waals surface area contributed by atoms with E-state index in [-0.39, 0.29) is 17.1 Å². The van der Waals surface area contributed by atoms with Crippen LogP contribution in [0.4, 0.5) is 10.1 Å². The number of hydrogen-bond acceptors (Lipinski definition) is 7. The van der Waals surface area contributed by atoms with Crippen molar-refractivity contribution >= 4 is 17.3 Å². The Morgan fingerprint density at radius 3 is 2.37 bits per heavy atom. The minimum Gasteiger partial charge on any atom is -0.467 e. The maximum atomic E-state index is 15.0. The maximum absolute atomic E-state index is 15.0. The lowest BCUT2D eigenvalue weighted by Gasteiger charge is -2.34. The van der Waals surface area contributed by atoms with Crippen molar-refractivity contribution in [3.63, 3.8) is 0 Å². The van der Waals surface area contributed by atoms with Gasteiger partial charge in [0.1, 0.15) is 5.82 Å². The Balaban J connectivity index is 0.00000147. The number of hydrogen-bond donors (Lipinski definition) is 2. The van der Waals surface area contributed by atoms with E-state index >= 15 is 0 Å². The number of benzene rings is 1. The third kappa shape index (κ3) is 9.09. The van der Waals surface area contributed by atoms with Gasteiger partial charge in [-0.1, -0.05) is 25.1 Å². The minimum absolute atomic E-state index is 0.238. The number of H-pyrrole nitrogens is 1. The summed E-state index contributed by atoms with van der Waals surface area (Å²) in [7, 11) is 1.49. The number of halogens is 1. The van der Waals surface area contributed by atoms with Crippen molar-refractivity contribution in [1.82, 2.24) is 24.8 Å². The number of anilines is 1. The van der Waals surface area contributed by atoms with Crippen molar-refractivity contribution in [2.45, 2.75) is 40.2 Å². The van der Waals surface area contributed by atoms with Gasteiger partial charge >= 0.3 is 6.01 Å². The van der Waals surface area contributed by atoms with Crippen LogP contribution in [-0.2, 0) is 6.42 Å². The Morgan fingerprint density at radius 2 is 1.78 bits per heavy atom. The molecule has 0 amide bonds. The predicted octanol–water partition coefficient (Wildman–Crippen LogP) is 5.42. The zero-order valence-corrected chi connectivity index (χ0v) is 24.9. The van der Waals surface area contributed by atoms with Crippen molar-refractivity contribution in [3.8, 4) is 6.01 Å². The molecule has 0 spiro atoms. The molecule has 3 heterocycles. The minimum atomic E-state index is -0.503. The first-order valence-corrected chi connectivity index (χ1v) is 14.1. The van der Waals surface area contributed by atoms with Crippen LogP contribution in [0.15, 0.2) is 60.3 Å². The molecule has 3 aromatic rings. The molecule has 2 aromatic heterocycles. The second kappa shape index (κ2) is 15.8. The fourth-order valence-corrected chi connectivity index (χ4v) is 4.74. The van der Waals surface area contributed by atoms with Gasteiger partial charge in [-0.25, -0.2) is 14.4 Å². The third-order valence-corrected chi connectivity index (χ3v) is 7.15. The number of allylic oxidation sites excluding steroid dienone is 2. The molecule has 1 aliphatic rings. The summed E-state index contributed by atoms with van der Waals surface area (Å²) < 4.78 is 20.0. The summed E-state index contributed by atoms with van der Waals surface area (Å²) >= 11 is 0. The van der Waals surface area contributed by atoms with Crippen LogP contribution < -0.4 is 15.6 Å². The Morgan fingerprint density at radius 1 is 1.17 bits per heavy atom. The van der Waals surface area contributed by atoms with Crippen LogP contribution in [0.1, 0.15) is 56.0 Å². The summed E-state index contributed by atoms with van der Waals surface area (Å²) in [6.07, 6.45) is 8.72. The number of aromatic amines is 1. The van der Waals surface area contributed by atoms with Gasteiger partial charge in [-0.05, 0) is 63.1 Å². The van der Waals surface area contributed by atoms with E-state index in [1.807, 2.05) is 32.9 Å². The van der Waals surface area contributed by atoms with Crippen LogP contribution in [0.3, 0.4) is 0 Å². The molecule has 8 nitrogen and oxygen atoms in total. The third-order valence-electron chi connectivity index (χ3n) is 7.15. The lowest BCUT2D eigenvalue weighted by atomic mass is 9.99. The molecule has 220 valence electrons. The summed E-state index contributed by atoms with van der Waals surface area (Å²) in [6, 6.07) is 8.08. The molecule has 0 aliphatic carbocycles. The van der Waals surface area contributed by atoms with E-state index in [9.17, 15) is 9.18 Å². The average Bonchev–Trinajstić information content (AvgIpc) is 2.99. The molecular weight excluding hydrogens is 519 g/mol. The van der Waals surface area contributed by atoms with Gasteiger partial charge in [0.05, 0.1) is 13.2 Å². The number of nitrogens with one attached hydrogen (secondary N) is 2. The van der Waals surface area contributed by atoms with E-state index in [2.05, 4.69) is 55.7 Å². The molecule has 9 heteroatoms. The van der Waals surface area contributed by atoms with Gasteiger partial charge in [0.25, 0.3) is 5.56 Å². The number of methoxy groups -OCH3 is 1. The van der Waals surface area contributed by atoms with E-state index in [4.69, 9.17) is 4.74 Å². The highest BCUT2D eigenvalue weighted by Crippen LogP contribution is 2.26. The zero-order valence-electron chi connectivity index (χ0n) is 24.9. The van der Waals surface area contributed by atoms with E-state index in [0.717, 1.165) is 63.1 Å². The molecule has 1 fully saturated rings. The summed E-state index contributed by atoms with van der Waals surface area (Å²) in [5.41, 5.74) is 3.81. The van der Waals surface area contributed by atoms with Crippen LogP contribution in [0.5, 0.6) is 6.01 Å². The molecule has 1 atom stereocenters. The highest BCUT2D eigenvalue weighted by atomic mass is 19.1. The summed E-state index contributed by atoms with van der Waals surface area (Å²) in [5, 5.41) is 3.37. The number of pyridine rings is 1. The lowest BCUT2D eigenvalue weighted by molar-refractivity contribution is 0.138. The first kappa shape index (κ1) is 31.7. The summed E-state index contributed by atoms with van der Waals surface area (Å²) in [4.78, 5) is 28.6. The molecule has 1 aromatic carbocycles. The van der Waals surface area contributed by atoms with Gasteiger partial charge in [-0.15, -0.1) is 6.58 Å². The van der Waals surface area contributed by atoms with Crippen molar-refractivity contribution in [3.05, 3.63) is 93.9 Å². The Bertz CT molecular complexity index is 1330. The molecule has 1 aliphatic heterocycles. The van der Waals surface area contributed by atoms with E-state index in [0.29, 0.717) is 11.1 Å². The fraction of sp³-hybridized carbons (Fsp3) is 0.406. The Hall–Kier alpha value is -3.82. The number of rotatable bonds is 10. The molecule has 2 N–H and O–H groups in total. The maximum Gasteiger partial charge on any atom is 0.316 e. The topological polar surface area (TPSA) is 86.4 Å². The monoisotopic (exact) mass is 562 g/mol. The standard InChI is InChI=1S/C29H37FN6O2.C3H6/c1-5-35-12-14-36(15-13-35)11-10-22-6-8-24(9-7-22)34-21(3)27-25(26(30)19-31-28(27)37)16-20(2)23-17-32-29(38-4)33-18-23;1-3-2/h6-9,16-19,21,34H,5,10-15H2,1-4H3,(H,31,37);3H,1H2,2H3/b20-16+;. The summed E-state index contributed by atoms with van der Waals surface area (Å²) in [6.45, 7) is 17.8. The molecular formula is C32H43FN6O2. The normalized spacial score (nSPS) is 15.0. The van der Waals surface area contributed by atoms with E-state index in [1.165, 1.54) is 12.7 Å². The van der Waals surface area contributed by atoms with E-state index in [1.54, 1.807) is 24.5 Å². The number of piperazine rings is 1. The second-order valence-corrected chi connectivity index (χ2v) is 10.1. The van der Waals surface area contributed by atoms with Crippen LogP contribution >= 0.6 is 0 Å². The van der Waals surface area contributed by atoms with Gasteiger partial charge in [-0.2, -0.15) is 0 Å². The highest BCUT2D eigenvalue weighted by Gasteiger charge is 2.19. The first-order valence-electron chi connectivity index (χ1n) is 14.1. The van der Waals surface area contributed by atoms with Gasteiger partial charge < -0.3 is 24.8 Å². The van der Waals surface area contributed by atoms with Gasteiger partial charge in [-0.3, -0.25) is 4.79 Å². The zero-order chi connectivity index (χ0) is 29.8. The molecule has 41 heavy (non-hydrogen) atoms. The SMILES string of the molecule is C=CC.CCN1CCN(CCc2ccc(NC(C)c3c(/C=C(\C)c4cnc(OC)nc4)c(F)c[nH]c3=O)cc2)CC1. The van der Waals surface area contributed by atoms with Crippen molar-refractivity contribution < 1.29 is 9.13 Å². The molecule has 4 rings (SSSR count). The predicted molar refractivity (Wildman–Crippen MR) is 166 cm³/mol. The first-order chi connectivity index (χ1) is 19.8. The molecule has 0 bridgehead atoms. The van der Waals surface area contributed by atoms with Crippen molar-refractivity contribution in [2.75, 3.05) is 51.7 Å². The Labute approximate surface area is 243 Å².